The molecule has 0 saturated heterocycles. The Hall–Kier alpha value is -3.30. The smallest absolute Gasteiger partial charge is 0.245 e. The number of benzene rings is 1. The van der Waals surface area contributed by atoms with Gasteiger partial charge in [-0.25, -0.2) is 4.99 Å². The van der Waals surface area contributed by atoms with Gasteiger partial charge in [0.25, 0.3) is 0 Å². The Morgan fingerprint density at radius 1 is 1.14 bits per heavy atom. The van der Waals surface area contributed by atoms with Gasteiger partial charge in [0.1, 0.15) is 6.04 Å². The summed E-state index contributed by atoms with van der Waals surface area (Å²) in [4.78, 5) is 30.5. The van der Waals surface area contributed by atoms with Crippen LogP contribution in [0.3, 0.4) is 0 Å². The number of carbonyl (C=O) groups is 2. The molecule has 3 aliphatic rings. The van der Waals surface area contributed by atoms with Gasteiger partial charge >= 0.3 is 0 Å². The molecule has 5 N–H and O–H groups in total. The molecule has 2 amide bonds. The third-order valence-electron chi connectivity index (χ3n) is 8.48. The number of H-pyrrole nitrogens is 1. The molecular weight excluding hydrogens is 468 g/mol. The monoisotopic (exact) mass is 506 g/mol. The molecule has 3 aliphatic carbocycles. The minimum absolute atomic E-state index is 0.0446. The molecule has 2 aromatic rings. The highest BCUT2D eigenvalue weighted by Gasteiger charge is 2.40. The summed E-state index contributed by atoms with van der Waals surface area (Å²) in [7, 11) is 0. The maximum atomic E-state index is 13.3. The maximum absolute atomic E-state index is 13.3. The number of aromatic nitrogens is 4. The van der Waals surface area contributed by atoms with E-state index in [1.54, 1.807) is 0 Å². The highest BCUT2D eigenvalue weighted by molar-refractivity contribution is 5.97. The number of aliphatic imine (C=N–C) groups is 1. The van der Waals surface area contributed by atoms with Crippen LogP contribution in [-0.2, 0) is 16.1 Å². The molecule has 1 aromatic carbocycles. The van der Waals surface area contributed by atoms with Gasteiger partial charge in [-0.1, -0.05) is 56.7 Å². The Morgan fingerprint density at radius 2 is 2.00 bits per heavy atom. The first-order valence-electron chi connectivity index (χ1n) is 13.8. The minimum atomic E-state index is -0.633. The number of guanidine groups is 1. The number of hydrogen-bond donors (Lipinski definition) is 4. The van der Waals surface area contributed by atoms with Gasteiger partial charge < -0.3 is 11.1 Å². The zero-order chi connectivity index (χ0) is 25.6. The van der Waals surface area contributed by atoms with Crippen molar-refractivity contribution >= 4 is 17.8 Å². The summed E-state index contributed by atoms with van der Waals surface area (Å²) in [5.74, 6) is 2.64. The van der Waals surface area contributed by atoms with Gasteiger partial charge in [0, 0.05) is 18.5 Å². The van der Waals surface area contributed by atoms with E-state index in [-0.39, 0.29) is 17.8 Å². The Labute approximate surface area is 217 Å². The Balaban J connectivity index is 1.20. The van der Waals surface area contributed by atoms with Crippen molar-refractivity contribution in [2.24, 2.45) is 34.4 Å². The van der Waals surface area contributed by atoms with E-state index in [0.717, 1.165) is 36.3 Å². The minimum Gasteiger partial charge on any atom is -0.370 e. The number of hydrogen-bond acceptors (Lipinski definition) is 6. The predicted molar refractivity (Wildman–Crippen MR) is 140 cm³/mol. The quantitative estimate of drug-likeness (QED) is 0.303. The highest BCUT2D eigenvalue weighted by Crippen LogP contribution is 2.49. The van der Waals surface area contributed by atoms with Crippen molar-refractivity contribution in [1.29, 1.82) is 0 Å². The van der Waals surface area contributed by atoms with Gasteiger partial charge in [-0.15, -0.1) is 10.2 Å². The Kier molecular flexibility index (Phi) is 8.11. The van der Waals surface area contributed by atoms with Gasteiger partial charge in [0.2, 0.25) is 17.6 Å². The summed E-state index contributed by atoms with van der Waals surface area (Å²) in [5.41, 5.74) is 7.90. The molecule has 0 radical (unpaired) electrons. The van der Waals surface area contributed by atoms with Crippen LogP contribution in [0.15, 0.2) is 29.3 Å². The van der Waals surface area contributed by atoms with Crippen LogP contribution in [0.1, 0.15) is 76.2 Å². The van der Waals surface area contributed by atoms with Crippen molar-refractivity contribution in [1.82, 2.24) is 31.3 Å². The van der Waals surface area contributed by atoms with E-state index < -0.39 is 6.04 Å². The number of fused-ring (bicyclic) bond motifs is 2. The van der Waals surface area contributed by atoms with Gasteiger partial charge in [0.15, 0.2) is 5.96 Å². The maximum Gasteiger partial charge on any atom is 0.245 e. The van der Waals surface area contributed by atoms with E-state index in [9.17, 15) is 9.59 Å². The molecular formula is C27H38N8O2. The number of carbonyl (C=O) groups excluding carboxylic acids is 2. The zero-order valence-corrected chi connectivity index (χ0v) is 21.4. The average molecular weight is 507 g/mol. The summed E-state index contributed by atoms with van der Waals surface area (Å²) in [6.07, 6.45) is 11.9. The lowest BCUT2D eigenvalue weighted by molar-refractivity contribution is -0.123. The SMILES string of the molecule is NC(=N[C@H](CC1CCCCC1)C(=O)NCc1cccc(-c2nn[nH]n2)c1)NC(=O)CC1C[C@@H]2CC[C@H]1C2. The van der Waals surface area contributed by atoms with E-state index in [4.69, 9.17) is 5.73 Å². The molecule has 0 aliphatic heterocycles. The standard InChI is InChI=1S/C27H38N8O2/c28-27(31-24(36)15-22-12-18-9-10-20(22)11-18)30-23(14-17-5-2-1-3-6-17)26(37)29-16-19-7-4-8-21(13-19)25-32-34-35-33-25/h4,7-8,13,17-18,20,22-23H,1-3,5-6,9-12,14-16H2,(H,29,37)(H3,28,30,31,36)(H,32,33,34,35)/t18-,20+,22?,23-/m1/s1. The van der Waals surface area contributed by atoms with E-state index >= 15 is 0 Å². The largest absolute Gasteiger partial charge is 0.370 e. The number of amides is 2. The second-order valence-corrected chi connectivity index (χ2v) is 11.1. The van der Waals surface area contributed by atoms with Crippen molar-refractivity contribution < 1.29 is 9.59 Å². The average Bonchev–Trinajstić information content (AvgIpc) is 3.67. The van der Waals surface area contributed by atoms with Crippen molar-refractivity contribution in [2.75, 3.05) is 0 Å². The fraction of sp³-hybridized carbons (Fsp3) is 0.630. The first kappa shape index (κ1) is 25.4. The molecule has 0 spiro atoms. The molecule has 1 aromatic heterocycles. The van der Waals surface area contributed by atoms with Crippen molar-refractivity contribution in [3.05, 3.63) is 29.8 Å². The molecule has 3 fully saturated rings. The molecule has 5 rings (SSSR count). The first-order valence-corrected chi connectivity index (χ1v) is 13.8. The lowest BCUT2D eigenvalue weighted by atomic mass is 9.84. The Morgan fingerprint density at radius 3 is 2.73 bits per heavy atom. The fourth-order valence-corrected chi connectivity index (χ4v) is 6.63. The lowest BCUT2D eigenvalue weighted by Crippen LogP contribution is -2.42. The highest BCUT2D eigenvalue weighted by atomic mass is 16.2. The molecule has 4 atom stereocenters. The normalized spacial score (nSPS) is 24.6. The zero-order valence-electron chi connectivity index (χ0n) is 21.4. The van der Waals surface area contributed by atoms with Crippen molar-refractivity contribution in [2.45, 2.75) is 83.2 Å². The first-order chi connectivity index (χ1) is 18.0. The van der Waals surface area contributed by atoms with Gasteiger partial charge in [0.05, 0.1) is 0 Å². The van der Waals surface area contributed by atoms with Crippen molar-refractivity contribution in [3.8, 4) is 11.4 Å². The lowest BCUT2D eigenvalue weighted by Gasteiger charge is -2.25. The van der Waals surface area contributed by atoms with E-state index in [1.165, 1.54) is 38.5 Å². The second kappa shape index (κ2) is 11.8. The third-order valence-corrected chi connectivity index (χ3v) is 8.48. The van der Waals surface area contributed by atoms with Crippen LogP contribution in [0.25, 0.3) is 11.4 Å². The van der Waals surface area contributed by atoms with E-state index in [2.05, 4.69) is 36.3 Å². The summed E-state index contributed by atoms with van der Waals surface area (Å²) in [6, 6.07) is 7.02. The van der Waals surface area contributed by atoms with E-state index in [0.29, 0.717) is 43.0 Å². The van der Waals surface area contributed by atoms with Gasteiger partial charge in [-0.2, -0.15) is 5.21 Å². The molecule has 1 unspecified atom stereocenters. The molecule has 2 bridgehead atoms. The molecule has 198 valence electrons. The number of aromatic amines is 1. The van der Waals surface area contributed by atoms with Crippen LogP contribution >= 0.6 is 0 Å². The molecule has 3 saturated carbocycles. The van der Waals surface area contributed by atoms with Crippen LogP contribution in [0.2, 0.25) is 0 Å². The summed E-state index contributed by atoms with van der Waals surface area (Å²) >= 11 is 0. The molecule has 1 heterocycles. The molecule has 10 heteroatoms. The third kappa shape index (κ3) is 6.72. The number of nitrogens with one attached hydrogen (secondary N) is 3. The Bertz CT molecular complexity index is 1100. The van der Waals surface area contributed by atoms with Gasteiger partial charge in [-0.05, 0) is 66.2 Å². The number of nitrogens with two attached hydrogens (primary N) is 1. The molecule has 37 heavy (non-hydrogen) atoms. The summed E-state index contributed by atoms with van der Waals surface area (Å²) in [6.45, 7) is 0.345. The number of nitrogens with zero attached hydrogens (tertiary/aromatic N) is 4. The van der Waals surface area contributed by atoms with Crippen LogP contribution in [0.5, 0.6) is 0 Å². The van der Waals surface area contributed by atoms with Crippen LogP contribution in [0.4, 0.5) is 0 Å². The summed E-state index contributed by atoms with van der Waals surface area (Å²) in [5, 5.41) is 19.9. The van der Waals surface area contributed by atoms with Crippen LogP contribution in [0, 0.1) is 23.7 Å². The van der Waals surface area contributed by atoms with Gasteiger partial charge in [-0.3, -0.25) is 14.9 Å². The number of rotatable bonds is 9. The summed E-state index contributed by atoms with van der Waals surface area (Å²) < 4.78 is 0. The van der Waals surface area contributed by atoms with Crippen molar-refractivity contribution in [3.63, 3.8) is 0 Å². The van der Waals surface area contributed by atoms with Crippen LogP contribution in [-0.4, -0.2) is 44.4 Å². The topological polar surface area (TPSA) is 151 Å². The van der Waals surface area contributed by atoms with Crippen LogP contribution < -0.4 is 16.4 Å². The molecule has 10 nitrogen and oxygen atoms in total. The second-order valence-electron chi connectivity index (χ2n) is 11.1. The van der Waals surface area contributed by atoms with E-state index in [1.807, 2.05) is 24.3 Å². The predicted octanol–water partition coefficient (Wildman–Crippen LogP) is 3.08. The number of tetrazole rings is 1. The fourth-order valence-electron chi connectivity index (χ4n) is 6.63.